The number of hydrogen-bond donors (Lipinski definition) is 1. The summed E-state index contributed by atoms with van der Waals surface area (Å²) in [5, 5.41) is 0. The third kappa shape index (κ3) is 1.84. The summed E-state index contributed by atoms with van der Waals surface area (Å²) in [7, 11) is 0. The van der Waals surface area contributed by atoms with Gasteiger partial charge in [-0.1, -0.05) is 0 Å². The summed E-state index contributed by atoms with van der Waals surface area (Å²) in [6.45, 7) is 1.25. The van der Waals surface area contributed by atoms with Crippen LogP contribution in [0.25, 0.3) is 0 Å². The van der Waals surface area contributed by atoms with Crippen molar-refractivity contribution < 1.29 is 9.53 Å². The number of morpholine rings is 1. The largest absolute Gasteiger partial charge is 0.397 e. The molecule has 3 rings (SSSR count). The Labute approximate surface area is 106 Å². The molecule has 2 fully saturated rings. The first-order valence-electron chi connectivity index (χ1n) is 6.40. The van der Waals surface area contributed by atoms with Crippen molar-refractivity contribution in [1.82, 2.24) is 9.88 Å². The Morgan fingerprint density at radius 3 is 3.22 bits per heavy atom. The Morgan fingerprint density at radius 2 is 2.39 bits per heavy atom. The number of hydrogen-bond acceptors (Lipinski definition) is 4. The molecule has 2 N–H and O–H groups in total. The van der Waals surface area contributed by atoms with Crippen LogP contribution in [0.4, 0.5) is 5.69 Å². The highest BCUT2D eigenvalue weighted by atomic mass is 16.5. The van der Waals surface area contributed by atoms with Gasteiger partial charge < -0.3 is 15.4 Å². The number of nitrogens with zero attached hydrogens (tertiary/aromatic N) is 2. The minimum atomic E-state index is -0.0618. The molecule has 96 valence electrons. The van der Waals surface area contributed by atoms with Crippen molar-refractivity contribution in [3.05, 3.63) is 24.0 Å². The number of carbonyl (C=O) groups excluding carboxylic acids is 1. The van der Waals surface area contributed by atoms with Crippen LogP contribution < -0.4 is 5.73 Å². The van der Waals surface area contributed by atoms with Gasteiger partial charge in [0.1, 0.15) is 0 Å². The van der Waals surface area contributed by atoms with Gasteiger partial charge in [-0.05, 0) is 31.4 Å². The molecule has 5 heteroatoms. The predicted molar refractivity (Wildman–Crippen MR) is 67.1 cm³/mol. The average Bonchev–Trinajstić information content (AvgIpc) is 2.86. The van der Waals surface area contributed by atoms with Crippen molar-refractivity contribution in [3.63, 3.8) is 0 Å². The van der Waals surface area contributed by atoms with E-state index < -0.39 is 0 Å². The minimum absolute atomic E-state index is 0.0618. The molecule has 18 heavy (non-hydrogen) atoms. The lowest BCUT2D eigenvalue weighted by atomic mass is 10.1. The Morgan fingerprint density at radius 1 is 1.50 bits per heavy atom. The highest BCUT2D eigenvalue weighted by Crippen LogP contribution is 2.30. The second-order valence-corrected chi connectivity index (χ2v) is 4.85. The first-order chi connectivity index (χ1) is 8.77. The molecule has 2 atom stereocenters. The van der Waals surface area contributed by atoms with Gasteiger partial charge in [0, 0.05) is 12.7 Å². The summed E-state index contributed by atoms with van der Waals surface area (Å²) in [4.78, 5) is 18.5. The number of pyridine rings is 1. The smallest absolute Gasteiger partial charge is 0.275 e. The fourth-order valence-electron chi connectivity index (χ4n) is 2.91. The van der Waals surface area contributed by atoms with Crippen molar-refractivity contribution in [1.29, 1.82) is 0 Å². The summed E-state index contributed by atoms with van der Waals surface area (Å²) >= 11 is 0. The van der Waals surface area contributed by atoms with Crippen LogP contribution in [0.2, 0.25) is 0 Å². The Balaban J connectivity index is 1.86. The van der Waals surface area contributed by atoms with Gasteiger partial charge in [0.15, 0.2) is 5.69 Å². The maximum absolute atomic E-state index is 12.5. The third-order valence-corrected chi connectivity index (χ3v) is 3.78. The number of amides is 1. The van der Waals surface area contributed by atoms with Crippen LogP contribution in [0.15, 0.2) is 18.3 Å². The van der Waals surface area contributed by atoms with Gasteiger partial charge >= 0.3 is 0 Å². The molecule has 1 aliphatic carbocycles. The number of ether oxygens (including phenoxy) is 1. The van der Waals surface area contributed by atoms with E-state index >= 15 is 0 Å². The number of carbonyl (C=O) groups is 1. The summed E-state index contributed by atoms with van der Waals surface area (Å²) < 4.78 is 5.70. The summed E-state index contributed by atoms with van der Waals surface area (Å²) in [6.07, 6.45) is 5.00. The topological polar surface area (TPSA) is 68.5 Å². The summed E-state index contributed by atoms with van der Waals surface area (Å²) in [6, 6.07) is 3.66. The number of rotatable bonds is 1. The SMILES string of the molecule is Nc1cccnc1C(=O)N1CCOC2CCCC21. The molecule has 1 saturated carbocycles. The van der Waals surface area contributed by atoms with Crippen LogP contribution >= 0.6 is 0 Å². The van der Waals surface area contributed by atoms with Gasteiger partial charge in [-0.3, -0.25) is 4.79 Å². The zero-order chi connectivity index (χ0) is 12.5. The van der Waals surface area contributed by atoms with E-state index in [2.05, 4.69) is 4.98 Å². The average molecular weight is 247 g/mol. The van der Waals surface area contributed by atoms with E-state index in [0.29, 0.717) is 24.5 Å². The van der Waals surface area contributed by atoms with E-state index in [9.17, 15) is 4.79 Å². The van der Waals surface area contributed by atoms with Crippen molar-refractivity contribution in [3.8, 4) is 0 Å². The maximum Gasteiger partial charge on any atom is 0.275 e. The lowest BCUT2D eigenvalue weighted by molar-refractivity contribution is -0.0446. The Hall–Kier alpha value is -1.62. The number of nitrogen functional groups attached to an aromatic ring is 1. The number of aromatic nitrogens is 1. The van der Waals surface area contributed by atoms with E-state index in [1.165, 1.54) is 0 Å². The summed E-state index contributed by atoms with van der Waals surface area (Å²) in [5.74, 6) is -0.0618. The standard InChI is InChI=1S/C13H17N3O2/c14-9-3-2-6-15-12(9)13(17)16-7-8-18-11-5-1-4-10(11)16/h2-3,6,10-11H,1,4-5,7-8,14H2. The van der Waals surface area contributed by atoms with Crippen LogP contribution in [0, 0.1) is 0 Å². The van der Waals surface area contributed by atoms with Crippen molar-refractivity contribution >= 4 is 11.6 Å². The molecule has 2 unspecified atom stereocenters. The highest BCUT2D eigenvalue weighted by molar-refractivity contribution is 5.97. The molecular weight excluding hydrogens is 230 g/mol. The van der Waals surface area contributed by atoms with Gasteiger partial charge in [0.2, 0.25) is 0 Å². The first-order valence-corrected chi connectivity index (χ1v) is 6.40. The second kappa shape index (κ2) is 4.57. The monoisotopic (exact) mass is 247 g/mol. The fourth-order valence-corrected chi connectivity index (χ4v) is 2.91. The van der Waals surface area contributed by atoms with Crippen molar-refractivity contribution in [2.45, 2.75) is 31.4 Å². The normalized spacial score (nSPS) is 27.0. The lowest BCUT2D eigenvalue weighted by Gasteiger charge is -2.37. The van der Waals surface area contributed by atoms with E-state index in [1.807, 2.05) is 4.90 Å². The van der Waals surface area contributed by atoms with Crippen LogP contribution in [-0.4, -0.2) is 41.1 Å². The van der Waals surface area contributed by atoms with E-state index in [0.717, 1.165) is 19.3 Å². The zero-order valence-corrected chi connectivity index (χ0v) is 10.2. The predicted octanol–water partition coefficient (Wildman–Crippen LogP) is 1.06. The molecule has 1 aromatic heterocycles. The molecule has 0 aromatic carbocycles. The number of nitrogens with two attached hydrogens (primary N) is 1. The van der Waals surface area contributed by atoms with Crippen LogP contribution in [0.1, 0.15) is 29.8 Å². The van der Waals surface area contributed by atoms with Gasteiger partial charge in [-0.15, -0.1) is 0 Å². The zero-order valence-electron chi connectivity index (χ0n) is 10.2. The van der Waals surface area contributed by atoms with Crippen LogP contribution in [0.5, 0.6) is 0 Å². The van der Waals surface area contributed by atoms with Gasteiger partial charge in [0.25, 0.3) is 5.91 Å². The fraction of sp³-hybridized carbons (Fsp3) is 0.538. The summed E-state index contributed by atoms with van der Waals surface area (Å²) in [5.41, 5.74) is 6.64. The van der Waals surface area contributed by atoms with Crippen molar-refractivity contribution in [2.24, 2.45) is 0 Å². The second-order valence-electron chi connectivity index (χ2n) is 4.85. The molecule has 1 aliphatic heterocycles. The quantitative estimate of drug-likeness (QED) is 0.805. The van der Waals surface area contributed by atoms with Gasteiger partial charge in [-0.25, -0.2) is 4.98 Å². The van der Waals surface area contributed by atoms with Gasteiger partial charge in [-0.2, -0.15) is 0 Å². The Bertz CT molecular complexity index is 463. The van der Waals surface area contributed by atoms with E-state index in [4.69, 9.17) is 10.5 Å². The third-order valence-electron chi connectivity index (χ3n) is 3.78. The first kappa shape index (κ1) is 11.5. The van der Waals surface area contributed by atoms with Crippen LogP contribution in [0.3, 0.4) is 0 Å². The van der Waals surface area contributed by atoms with E-state index in [1.54, 1.807) is 18.3 Å². The number of anilines is 1. The maximum atomic E-state index is 12.5. The molecule has 2 aliphatic rings. The molecule has 5 nitrogen and oxygen atoms in total. The minimum Gasteiger partial charge on any atom is -0.397 e. The lowest BCUT2D eigenvalue weighted by Crippen LogP contribution is -2.51. The van der Waals surface area contributed by atoms with Gasteiger partial charge in [0.05, 0.1) is 24.4 Å². The highest BCUT2D eigenvalue weighted by Gasteiger charge is 2.39. The molecule has 0 radical (unpaired) electrons. The molecule has 1 aromatic rings. The molecular formula is C13H17N3O2. The molecule has 0 bridgehead atoms. The molecule has 1 amide bonds. The molecule has 2 heterocycles. The van der Waals surface area contributed by atoms with Crippen LogP contribution in [-0.2, 0) is 4.74 Å². The molecule has 0 spiro atoms. The van der Waals surface area contributed by atoms with Crippen molar-refractivity contribution in [2.75, 3.05) is 18.9 Å². The Kier molecular flexibility index (Phi) is 2.91. The molecule has 1 saturated heterocycles. The number of fused-ring (bicyclic) bond motifs is 1. The van der Waals surface area contributed by atoms with E-state index in [-0.39, 0.29) is 18.1 Å².